The molecule has 0 unspecified atom stereocenters. The van der Waals surface area contributed by atoms with Gasteiger partial charge in [0.2, 0.25) is 5.91 Å². The molecule has 2 heterocycles. The number of carbonyl (C=O) groups excluding carboxylic acids is 3. The number of pyridine rings is 1. The number of nitrogens with one attached hydrogen (secondary N) is 2. The first kappa shape index (κ1) is 16.9. The van der Waals surface area contributed by atoms with Crippen LogP contribution in [-0.4, -0.2) is 29.4 Å². The number of nitrogens with zero attached hydrogens (tertiary/aromatic N) is 2. The minimum Gasteiger partial charge on any atom is -0.348 e. The van der Waals surface area contributed by atoms with Gasteiger partial charge in [-0.3, -0.25) is 19.8 Å². The van der Waals surface area contributed by atoms with Crippen LogP contribution in [0, 0.1) is 0 Å². The number of amides is 4. The Morgan fingerprint density at radius 1 is 1.24 bits per heavy atom. The molecular formula is C17H15ClN4O3. The van der Waals surface area contributed by atoms with Gasteiger partial charge in [-0.05, 0) is 23.8 Å². The van der Waals surface area contributed by atoms with Crippen molar-refractivity contribution in [1.82, 2.24) is 15.6 Å². The first-order valence-corrected chi connectivity index (χ1v) is 8.01. The Morgan fingerprint density at radius 2 is 2.04 bits per heavy atom. The standard InChI is InChI=1S/C17H15ClN4O3/c18-14-6-5-11(9-19-14)10-20-16(24)12-3-1-2-4-13(12)22-8-7-15(23)21-17(22)25/h1-6,9H,7-8,10H2,(H,20,24)(H,21,23,25). The van der Waals surface area contributed by atoms with E-state index >= 15 is 0 Å². The number of urea groups is 1. The second-order valence-corrected chi connectivity index (χ2v) is 5.83. The van der Waals surface area contributed by atoms with Crippen LogP contribution in [0.2, 0.25) is 5.15 Å². The average molecular weight is 359 g/mol. The summed E-state index contributed by atoms with van der Waals surface area (Å²) < 4.78 is 0. The maximum absolute atomic E-state index is 12.5. The molecule has 1 fully saturated rings. The molecule has 25 heavy (non-hydrogen) atoms. The van der Waals surface area contributed by atoms with Gasteiger partial charge in [0.25, 0.3) is 5.91 Å². The Balaban J connectivity index is 1.75. The van der Waals surface area contributed by atoms with Crippen LogP contribution in [0.3, 0.4) is 0 Å². The summed E-state index contributed by atoms with van der Waals surface area (Å²) >= 11 is 5.74. The van der Waals surface area contributed by atoms with E-state index < -0.39 is 6.03 Å². The fourth-order valence-corrected chi connectivity index (χ4v) is 2.60. The quantitative estimate of drug-likeness (QED) is 0.819. The second-order valence-electron chi connectivity index (χ2n) is 5.44. The summed E-state index contributed by atoms with van der Waals surface area (Å²) in [7, 11) is 0. The van der Waals surface area contributed by atoms with Crippen molar-refractivity contribution in [2.24, 2.45) is 0 Å². The lowest BCUT2D eigenvalue weighted by Crippen LogP contribution is -2.50. The van der Waals surface area contributed by atoms with Crippen LogP contribution in [0.15, 0.2) is 42.6 Å². The Hall–Kier alpha value is -2.93. The van der Waals surface area contributed by atoms with E-state index in [2.05, 4.69) is 15.6 Å². The summed E-state index contributed by atoms with van der Waals surface area (Å²) in [6.07, 6.45) is 1.77. The second kappa shape index (κ2) is 7.31. The minimum absolute atomic E-state index is 0.193. The van der Waals surface area contributed by atoms with Crippen molar-refractivity contribution in [3.8, 4) is 0 Å². The third kappa shape index (κ3) is 3.95. The number of halogens is 1. The fourth-order valence-electron chi connectivity index (χ4n) is 2.48. The number of imide groups is 1. The lowest BCUT2D eigenvalue weighted by Gasteiger charge is -2.28. The van der Waals surface area contributed by atoms with Crippen molar-refractivity contribution in [2.45, 2.75) is 13.0 Å². The molecule has 2 aromatic rings. The summed E-state index contributed by atoms with van der Waals surface area (Å²) in [6.45, 7) is 0.512. The molecule has 4 amide bonds. The highest BCUT2D eigenvalue weighted by atomic mass is 35.5. The monoisotopic (exact) mass is 358 g/mol. The lowest BCUT2D eigenvalue weighted by atomic mass is 10.1. The maximum Gasteiger partial charge on any atom is 0.328 e. The molecule has 0 bridgehead atoms. The summed E-state index contributed by atoms with van der Waals surface area (Å²) in [4.78, 5) is 41.2. The van der Waals surface area contributed by atoms with Gasteiger partial charge in [0.05, 0.1) is 11.3 Å². The van der Waals surface area contributed by atoms with E-state index in [-0.39, 0.29) is 31.3 Å². The molecular weight excluding hydrogens is 344 g/mol. The molecule has 0 spiro atoms. The molecule has 0 radical (unpaired) electrons. The summed E-state index contributed by atoms with van der Waals surface area (Å²) in [6, 6.07) is 9.65. The molecule has 1 saturated heterocycles. The van der Waals surface area contributed by atoms with Gasteiger partial charge in [0.1, 0.15) is 5.15 Å². The third-order valence-electron chi connectivity index (χ3n) is 3.74. The molecule has 1 aliphatic rings. The number of para-hydroxylation sites is 1. The number of benzene rings is 1. The van der Waals surface area contributed by atoms with Crippen molar-refractivity contribution in [1.29, 1.82) is 0 Å². The van der Waals surface area contributed by atoms with Crippen LogP contribution in [0.25, 0.3) is 0 Å². The number of anilines is 1. The molecule has 0 saturated carbocycles. The van der Waals surface area contributed by atoms with Crippen LogP contribution in [0.1, 0.15) is 22.3 Å². The normalized spacial score (nSPS) is 14.2. The number of aromatic nitrogens is 1. The van der Waals surface area contributed by atoms with Gasteiger partial charge in [-0.25, -0.2) is 9.78 Å². The SMILES string of the molecule is O=C1CCN(c2ccccc2C(=O)NCc2ccc(Cl)nc2)C(=O)N1. The fraction of sp³-hybridized carbons (Fsp3) is 0.176. The molecule has 2 N–H and O–H groups in total. The molecule has 1 aromatic carbocycles. The van der Waals surface area contributed by atoms with Crippen molar-refractivity contribution in [3.63, 3.8) is 0 Å². The summed E-state index contributed by atoms with van der Waals surface area (Å²) in [5, 5.41) is 5.42. The Labute approximate surface area is 149 Å². The van der Waals surface area contributed by atoms with Crippen molar-refractivity contribution >= 4 is 35.1 Å². The van der Waals surface area contributed by atoms with Crippen molar-refractivity contribution in [2.75, 3.05) is 11.4 Å². The molecule has 8 heteroatoms. The van der Waals surface area contributed by atoms with Gasteiger partial charge in [-0.2, -0.15) is 0 Å². The number of carbonyl (C=O) groups is 3. The molecule has 1 aliphatic heterocycles. The molecule has 3 rings (SSSR count). The molecule has 1 aromatic heterocycles. The van der Waals surface area contributed by atoms with Gasteiger partial charge in [-0.1, -0.05) is 29.8 Å². The van der Waals surface area contributed by atoms with E-state index in [1.165, 1.54) is 4.90 Å². The van der Waals surface area contributed by atoms with Crippen LogP contribution < -0.4 is 15.5 Å². The van der Waals surface area contributed by atoms with Gasteiger partial charge < -0.3 is 5.32 Å². The zero-order valence-corrected chi connectivity index (χ0v) is 13.9. The van der Waals surface area contributed by atoms with Gasteiger partial charge in [0, 0.05) is 25.7 Å². The Kier molecular flexibility index (Phi) is 4.95. The highest BCUT2D eigenvalue weighted by Crippen LogP contribution is 2.22. The Bertz CT molecular complexity index is 823. The molecule has 0 aliphatic carbocycles. The topological polar surface area (TPSA) is 91.4 Å². The van der Waals surface area contributed by atoms with Crippen molar-refractivity contribution < 1.29 is 14.4 Å². The first-order chi connectivity index (χ1) is 12.0. The maximum atomic E-state index is 12.5. The Morgan fingerprint density at radius 3 is 2.76 bits per heavy atom. The van der Waals surface area contributed by atoms with Crippen LogP contribution in [0.5, 0.6) is 0 Å². The number of hydrogen-bond donors (Lipinski definition) is 2. The van der Waals surface area contributed by atoms with E-state index in [9.17, 15) is 14.4 Å². The average Bonchev–Trinajstić information content (AvgIpc) is 2.61. The molecule has 0 atom stereocenters. The van der Waals surface area contributed by atoms with E-state index in [4.69, 9.17) is 11.6 Å². The van der Waals surface area contributed by atoms with E-state index in [1.807, 2.05) is 0 Å². The van der Waals surface area contributed by atoms with Crippen LogP contribution >= 0.6 is 11.6 Å². The van der Waals surface area contributed by atoms with Gasteiger partial charge in [0.15, 0.2) is 0 Å². The van der Waals surface area contributed by atoms with Gasteiger partial charge in [-0.15, -0.1) is 0 Å². The van der Waals surface area contributed by atoms with E-state index in [1.54, 1.807) is 42.6 Å². The number of rotatable bonds is 4. The minimum atomic E-state index is -0.529. The zero-order chi connectivity index (χ0) is 17.8. The predicted molar refractivity (Wildman–Crippen MR) is 92.4 cm³/mol. The van der Waals surface area contributed by atoms with Crippen molar-refractivity contribution in [3.05, 3.63) is 58.9 Å². The van der Waals surface area contributed by atoms with Crippen LogP contribution in [0.4, 0.5) is 10.5 Å². The molecule has 128 valence electrons. The van der Waals surface area contributed by atoms with E-state index in [0.717, 1.165) is 5.56 Å². The molecule has 7 nitrogen and oxygen atoms in total. The smallest absolute Gasteiger partial charge is 0.328 e. The van der Waals surface area contributed by atoms with E-state index in [0.29, 0.717) is 16.4 Å². The zero-order valence-electron chi connectivity index (χ0n) is 13.2. The largest absolute Gasteiger partial charge is 0.348 e. The van der Waals surface area contributed by atoms with Crippen LogP contribution in [-0.2, 0) is 11.3 Å². The third-order valence-corrected chi connectivity index (χ3v) is 3.96. The highest BCUT2D eigenvalue weighted by Gasteiger charge is 2.27. The highest BCUT2D eigenvalue weighted by molar-refractivity contribution is 6.29. The lowest BCUT2D eigenvalue weighted by molar-refractivity contribution is -0.120. The van der Waals surface area contributed by atoms with Gasteiger partial charge >= 0.3 is 6.03 Å². The summed E-state index contributed by atoms with van der Waals surface area (Å²) in [5.74, 6) is -0.645. The number of hydrogen-bond acceptors (Lipinski definition) is 4. The predicted octanol–water partition coefficient (Wildman–Crippen LogP) is 2.11. The summed E-state index contributed by atoms with van der Waals surface area (Å²) in [5.41, 5.74) is 1.62. The first-order valence-electron chi connectivity index (χ1n) is 7.63.